The lowest BCUT2D eigenvalue weighted by molar-refractivity contribution is 0.0939. The molecule has 1 heterocycles. The van der Waals surface area contributed by atoms with Crippen molar-refractivity contribution in [3.05, 3.63) is 21.9 Å². The number of hydrogen-bond acceptors (Lipinski definition) is 4. The third-order valence-electron chi connectivity index (χ3n) is 2.95. The van der Waals surface area contributed by atoms with Gasteiger partial charge in [-0.15, -0.1) is 10.2 Å². The Hall–Kier alpha value is -0.910. The van der Waals surface area contributed by atoms with Gasteiger partial charge in [-0.05, 0) is 33.8 Å². The molecule has 0 atom stereocenters. The van der Waals surface area contributed by atoms with Crippen molar-refractivity contribution < 1.29 is 4.79 Å². The molecule has 0 radical (unpaired) electrons. The number of nitrogens with zero attached hydrogens (tertiary/aromatic N) is 3. The van der Waals surface area contributed by atoms with E-state index in [4.69, 9.17) is 23.2 Å². The van der Waals surface area contributed by atoms with Crippen molar-refractivity contribution in [2.45, 2.75) is 39.8 Å². The first-order valence-corrected chi connectivity index (χ1v) is 7.31. The molecule has 112 valence electrons. The monoisotopic (exact) mass is 318 g/mol. The Balaban J connectivity index is 2.57. The minimum absolute atomic E-state index is 0.0523. The van der Waals surface area contributed by atoms with Crippen LogP contribution in [0.15, 0.2) is 6.07 Å². The molecule has 1 rings (SSSR count). The summed E-state index contributed by atoms with van der Waals surface area (Å²) in [4.78, 5) is 14.3. The fourth-order valence-corrected chi connectivity index (χ4v) is 2.34. The van der Waals surface area contributed by atoms with Crippen LogP contribution in [0.2, 0.25) is 10.3 Å². The Kier molecular flexibility index (Phi) is 6.65. The van der Waals surface area contributed by atoms with Crippen LogP contribution < -0.4 is 5.32 Å². The molecular weight excluding hydrogens is 299 g/mol. The van der Waals surface area contributed by atoms with Gasteiger partial charge in [0.1, 0.15) is 0 Å². The number of nitrogens with one attached hydrogen (secondary N) is 1. The summed E-state index contributed by atoms with van der Waals surface area (Å²) in [5, 5.41) is 10.2. The van der Waals surface area contributed by atoms with Gasteiger partial charge in [-0.3, -0.25) is 9.69 Å². The number of halogens is 2. The molecule has 0 fully saturated rings. The minimum atomic E-state index is -0.292. The second kappa shape index (κ2) is 7.76. The maximum absolute atomic E-state index is 12.0. The van der Waals surface area contributed by atoms with E-state index in [9.17, 15) is 4.79 Å². The Morgan fingerprint density at radius 2 is 1.85 bits per heavy atom. The first-order chi connectivity index (χ1) is 9.32. The van der Waals surface area contributed by atoms with E-state index >= 15 is 0 Å². The number of rotatable bonds is 6. The highest BCUT2D eigenvalue weighted by Crippen LogP contribution is 2.15. The van der Waals surface area contributed by atoms with Crippen molar-refractivity contribution in [3.8, 4) is 0 Å². The van der Waals surface area contributed by atoms with Crippen LogP contribution in [0.25, 0.3) is 0 Å². The van der Waals surface area contributed by atoms with Crippen LogP contribution in [-0.4, -0.2) is 46.2 Å². The molecule has 0 aliphatic heterocycles. The van der Waals surface area contributed by atoms with Crippen LogP contribution in [0.5, 0.6) is 0 Å². The van der Waals surface area contributed by atoms with Crippen LogP contribution in [0.4, 0.5) is 0 Å². The molecule has 1 amide bonds. The summed E-state index contributed by atoms with van der Waals surface area (Å²) in [6.45, 7) is 9.82. The number of carbonyl (C=O) groups excluding carboxylic acids is 1. The van der Waals surface area contributed by atoms with Gasteiger partial charge in [0.05, 0.1) is 5.56 Å². The van der Waals surface area contributed by atoms with E-state index in [0.717, 1.165) is 6.54 Å². The zero-order valence-corrected chi connectivity index (χ0v) is 13.7. The highest BCUT2D eigenvalue weighted by atomic mass is 35.5. The molecule has 0 saturated carbocycles. The Morgan fingerprint density at radius 1 is 1.25 bits per heavy atom. The smallest absolute Gasteiger partial charge is 0.254 e. The van der Waals surface area contributed by atoms with E-state index in [0.29, 0.717) is 18.6 Å². The fraction of sp³-hybridized carbons (Fsp3) is 0.615. The molecule has 0 aliphatic rings. The van der Waals surface area contributed by atoms with Crippen molar-refractivity contribution in [1.82, 2.24) is 20.4 Å². The van der Waals surface area contributed by atoms with Crippen molar-refractivity contribution in [2.75, 3.05) is 13.1 Å². The number of hydrogen-bond donors (Lipinski definition) is 1. The Bertz CT molecular complexity index is 458. The van der Waals surface area contributed by atoms with Crippen molar-refractivity contribution >= 4 is 29.1 Å². The summed E-state index contributed by atoms with van der Waals surface area (Å²) in [6.07, 6.45) is 0. The van der Waals surface area contributed by atoms with Crippen molar-refractivity contribution in [1.29, 1.82) is 0 Å². The third kappa shape index (κ3) is 4.89. The highest BCUT2D eigenvalue weighted by Gasteiger charge is 2.15. The molecule has 5 nitrogen and oxygen atoms in total. The first-order valence-electron chi connectivity index (χ1n) is 6.55. The lowest BCUT2D eigenvalue weighted by atomic mass is 10.2. The topological polar surface area (TPSA) is 58.1 Å². The lowest BCUT2D eigenvalue weighted by Gasteiger charge is -2.30. The zero-order chi connectivity index (χ0) is 15.3. The largest absolute Gasteiger partial charge is 0.351 e. The molecule has 1 N–H and O–H groups in total. The average molecular weight is 319 g/mol. The molecule has 0 aromatic carbocycles. The predicted octanol–water partition coefficient (Wildman–Crippen LogP) is 2.63. The van der Waals surface area contributed by atoms with Crippen LogP contribution in [0.3, 0.4) is 0 Å². The van der Waals surface area contributed by atoms with Gasteiger partial charge in [0.2, 0.25) is 0 Å². The van der Waals surface area contributed by atoms with Gasteiger partial charge < -0.3 is 5.32 Å². The quantitative estimate of drug-likeness (QED) is 0.876. The van der Waals surface area contributed by atoms with E-state index < -0.39 is 0 Å². The van der Waals surface area contributed by atoms with E-state index in [-0.39, 0.29) is 21.8 Å². The molecule has 0 saturated heterocycles. The van der Waals surface area contributed by atoms with Crippen molar-refractivity contribution in [2.24, 2.45) is 0 Å². The van der Waals surface area contributed by atoms with E-state index in [1.807, 2.05) is 0 Å². The Labute approximate surface area is 129 Å². The average Bonchev–Trinajstić information content (AvgIpc) is 2.36. The Morgan fingerprint density at radius 3 is 2.40 bits per heavy atom. The van der Waals surface area contributed by atoms with E-state index in [1.165, 1.54) is 6.07 Å². The predicted molar refractivity (Wildman–Crippen MR) is 81.4 cm³/mol. The molecule has 1 aromatic heterocycles. The van der Waals surface area contributed by atoms with Gasteiger partial charge in [-0.2, -0.15) is 0 Å². The normalized spacial score (nSPS) is 11.4. The van der Waals surface area contributed by atoms with Gasteiger partial charge >= 0.3 is 0 Å². The van der Waals surface area contributed by atoms with Crippen LogP contribution >= 0.6 is 23.2 Å². The second-order valence-electron chi connectivity index (χ2n) is 5.05. The fourth-order valence-electron chi connectivity index (χ4n) is 2.02. The molecule has 20 heavy (non-hydrogen) atoms. The molecule has 0 aliphatic carbocycles. The molecule has 7 heteroatoms. The first kappa shape index (κ1) is 17.1. The summed E-state index contributed by atoms with van der Waals surface area (Å²) in [6, 6.07) is 2.26. The maximum atomic E-state index is 12.0. The molecular formula is C13H20Cl2N4O. The van der Waals surface area contributed by atoms with Gasteiger partial charge in [0, 0.05) is 25.2 Å². The molecule has 0 spiro atoms. The number of amides is 1. The van der Waals surface area contributed by atoms with Crippen LogP contribution in [0, 0.1) is 0 Å². The van der Waals surface area contributed by atoms with Gasteiger partial charge in [0.25, 0.3) is 5.91 Å². The van der Waals surface area contributed by atoms with Gasteiger partial charge in [-0.1, -0.05) is 23.2 Å². The summed E-state index contributed by atoms with van der Waals surface area (Å²) >= 11 is 11.5. The SMILES string of the molecule is CC(C)N(CCNC(=O)c1cc(Cl)nnc1Cl)C(C)C. The summed E-state index contributed by atoms with van der Waals surface area (Å²) < 4.78 is 0. The molecule has 0 bridgehead atoms. The highest BCUT2D eigenvalue weighted by molar-refractivity contribution is 6.34. The van der Waals surface area contributed by atoms with Crippen LogP contribution in [-0.2, 0) is 0 Å². The molecule has 0 unspecified atom stereocenters. The van der Waals surface area contributed by atoms with E-state index in [2.05, 4.69) is 48.1 Å². The van der Waals surface area contributed by atoms with Crippen molar-refractivity contribution in [3.63, 3.8) is 0 Å². The summed E-state index contributed by atoms with van der Waals surface area (Å²) in [5.41, 5.74) is 0.243. The maximum Gasteiger partial charge on any atom is 0.254 e. The number of carbonyl (C=O) groups is 1. The lowest BCUT2D eigenvalue weighted by Crippen LogP contribution is -2.42. The summed E-state index contributed by atoms with van der Waals surface area (Å²) in [5.74, 6) is -0.292. The second-order valence-corrected chi connectivity index (χ2v) is 5.80. The summed E-state index contributed by atoms with van der Waals surface area (Å²) in [7, 11) is 0. The zero-order valence-electron chi connectivity index (χ0n) is 12.2. The number of aromatic nitrogens is 2. The molecule has 1 aromatic rings. The van der Waals surface area contributed by atoms with Gasteiger partial charge in [-0.25, -0.2) is 0 Å². The van der Waals surface area contributed by atoms with Crippen LogP contribution in [0.1, 0.15) is 38.1 Å². The minimum Gasteiger partial charge on any atom is -0.351 e. The van der Waals surface area contributed by atoms with E-state index in [1.54, 1.807) is 0 Å². The van der Waals surface area contributed by atoms with Gasteiger partial charge in [0.15, 0.2) is 10.3 Å². The standard InChI is InChI=1S/C13H20Cl2N4O/c1-8(2)19(9(3)4)6-5-16-13(20)10-7-11(14)17-18-12(10)15/h7-9H,5-6H2,1-4H3,(H,16,20). The third-order valence-corrected chi connectivity index (χ3v) is 3.41.